The van der Waals surface area contributed by atoms with Gasteiger partial charge in [0.15, 0.2) is 0 Å². The molecule has 4 rings (SSSR count). The van der Waals surface area contributed by atoms with E-state index >= 15 is 0 Å². The van der Waals surface area contributed by atoms with Gasteiger partial charge in [-0.1, -0.05) is 99.3 Å². The zero-order chi connectivity index (χ0) is 20.2. The van der Waals surface area contributed by atoms with Crippen LogP contribution in [0.25, 0.3) is 11.1 Å². The largest absolute Gasteiger partial charge is 0.306 e. The van der Waals surface area contributed by atoms with E-state index in [1.807, 2.05) is 0 Å². The Hall–Kier alpha value is -1.64. The highest BCUT2D eigenvalue weighted by Gasteiger charge is 2.29. The van der Waals surface area contributed by atoms with E-state index in [0.717, 1.165) is 18.0 Å². The molecule has 1 N–H and O–H groups in total. The molecule has 1 aliphatic heterocycles. The number of aryl methyl sites for hydroxylation is 1. The molecule has 2 unspecified atom stereocenters. The second kappa shape index (κ2) is 9.45. The first-order valence-electron chi connectivity index (χ1n) is 11.5. The highest BCUT2D eigenvalue weighted by atomic mass is 28.3. The first-order valence-corrected chi connectivity index (χ1v) is 14.1. The Balaban J connectivity index is 1.63. The fourth-order valence-corrected chi connectivity index (χ4v) is 6.74. The maximum absolute atomic E-state index is 3.90. The summed E-state index contributed by atoms with van der Waals surface area (Å²) in [5.41, 5.74) is 8.04. The number of nitrogens with one attached hydrogen (secondary N) is 1. The molecule has 1 nitrogen and oxygen atoms in total. The molecular formula is C27H36NSi. The Morgan fingerprint density at radius 1 is 0.931 bits per heavy atom. The van der Waals surface area contributed by atoms with Gasteiger partial charge in [0, 0.05) is 0 Å². The van der Waals surface area contributed by atoms with Gasteiger partial charge in [-0.3, -0.25) is 0 Å². The lowest BCUT2D eigenvalue weighted by atomic mass is 9.82. The molecule has 1 heterocycles. The second-order valence-corrected chi connectivity index (χ2v) is 12.3. The molecular weight excluding hydrogens is 366 g/mol. The second-order valence-electron chi connectivity index (χ2n) is 9.40. The molecule has 0 spiro atoms. The number of hydrogen-bond acceptors (Lipinski definition) is 1. The summed E-state index contributed by atoms with van der Waals surface area (Å²) in [5, 5.41) is 3.90. The summed E-state index contributed by atoms with van der Waals surface area (Å²) < 4.78 is 0. The molecule has 2 aromatic rings. The Kier molecular flexibility index (Phi) is 6.72. The monoisotopic (exact) mass is 402 g/mol. The van der Waals surface area contributed by atoms with Crippen molar-refractivity contribution in [3.63, 3.8) is 0 Å². The quantitative estimate of drug-likeness (QED) is 0.408. The van der Waals surface area contributed by atoms with Crippen molar-refractivity contribution in [3.8, 4) is 11.1 Å². The summed E-state index contributed by atoms with van der Waals surface area (Å²) in [5.74, 6) is 0.925. The van der Waals surface area contributed by atoms with Crippen LogP contribution in [0.1, 0.15) is 55.7 Å². The lowest BCUT2D eigenvalue weighted by molar-refractivity contribution is 0.350. The van der Waals surface area contributed by atoms with Gasteiger partial charge in [0.1, 0.15) is 0 Å². The van der Waals surface area contributed by atoms with E-state index < -0.39 is 0 Å². The van der Waals surface area contributed by atoms with E-state index in [4.69, 9.17) is 0 Å². The van der Waals surface area contributed by atoms with E-state index in [9.17, 15) is 0 Å². The Morgan fingerprint density at radius 3 is 2.41 bits per heavy atom. The molecule has 1 radical (unpaired) electrons. The van der Waals surface area contributed by atoms with Crippen LogP contribution in [0.4, 0.5) is 0 Å². The lowest BCUT2D eigenvalue weighted by Crippen LogP contribution is -2.35. The predicted molar refractivity (Wildman–Crippen MR) is 128 cm³/mol. The normalized spacial score (nSPS) is 23.2. The number of benzene rings is 2. The summed E-state index contributed by atoms with van der Waals surface area (Å²) in [7, 11) is -0.329. The highest BCUT2D eigenvalue weighted by Crippen LogP contribution is 2.39. The smallest absolute Gasteiger partial charge is 0.0511 e. The minimum Gasteiger partial charge on any atom is -0.306 e. The van der Waals surface area contributed by atoms with Crippen LogP contribution < -0.4 is 5.32 Å². The first-order chi connectivity index (χ1) is 14.1. The maximum atomic E-state index is 3.90. The van der Waals surface area contributed by atoms with E-state index in [-0.39, 0.29) is 8.80 Å². The highest BCUT2D eigenvalue weighted by molar-refractivity contribution is 6.58. The average Bonchev–Trinajstić information content (AvgIpc) is 2.75. The average molecular weight is 403 g/mol. The van der Waals surface area contributed by atoms with E-state index in [1.54, 1.807) is 5.57 Å². The first kappa shape index (κ1) is 20.6. The van der Waals surface area contributed by atoms with Crippen LogP contribution in [0.15, 0.2) is 60.2 Å². The summed E-state index contributed by atoms with van der Waals surface area (Å²) in [6, 6.07) is 18.1. The van der Waals surface area contributed by atoms with Crippen LogP contribution in [0.3, 0.4) is 0 Å². The van der Waals surface area contributed by atoms with Gasteiger partial charge in [0.25, 0.3) is 0 Å². The summed E-state index contributed by atoms with van der Waals surface area (Å²) in [6.45, 7) is 8.40. The van der Waals surface area contributed by atoms with Crippen LogP contribution in [0.5, 0.6) is 0 Å². The minimum absolute atomic E-state index is 0.329. The van der Waals surface area contributed by atoms with Gasteiger partial charge in [-0.05, 0) is 59.7 Å². The van der Waals surface area contributed by atoms with Crippen molar-refractivity contribution in [2.45, 2.75) is 70.1 Å². The van der Waals surface area contributed by atoms with Crippen molar-refractivity contribution >= 4 is 8.80 Å². The molecule has 0 saturated heterocycles. The third-order valence-corrected chi connectivity index (χ3v) is 9.01. The molecule has 29 heavy (non-hydrogen) atoms. The number of rotatable bonds is 5. The van der Waals surface area contributed by atoms with Crippen molar-refractivity contribution < 1.29 is 0 Å². The Labute approximate surface area is 179 Å². The van der Waals surface area contributed by atoms with Gasteiger partial charge >= 0.3 is 0 Å². The zero-order valence-electron chi connectivity index (χ0n) is 18.4. The van der Waals surface area contributed by atoms with Gasteiger partial charge in [0.2, 0.25) is 0 Å². The molecule has 2 atom stereocenters. The van der Waals surface area contributed by atoms with Gasteiger partial charge in [-0.25, -0.2) is 0 Å². The summed E-state index contributed by atoms with van der Waals surface area (Å²) in [6.07, 6.45) is 11.2. The molecule has 0 bridgehead atoms. The minimum atomic E-state index is -0.329. The summed E-state index contributed by atoms with van der Waals surface area (Å²) >= 11 is 0. The molecule has 1 aliphatic carbocycles. The van der Waals surface area contributed by atoms with E-state index in [2.05, 4.69) is 79.9 Å². The van der Waals surface area contributed by atoms with Crippen LogP contribution in [0.2, 0.25) is 18.6 Å². The molecule has 2 aliphatic rings. The fraction of sp³-hybridized carbons (Fsp3) is 0.481. The standard InChI is InChI=1S/C27H36NSi/c1-20-14-15-23(22-12-8-5-9-13-22)17-25(20)26-18-24(27(19-28-26)29(2)3)16-21-10-6-4-7-11-21/h5,8-9,12-15,17-18,21,26-28H,4,6-7,10-11,16,19H2,1-3H3. The Morgan fingerprint density at radius 2 is 1.69 bits per heavy atom. The summed E-state index contributed by atoms with van der Waals surface area (Å²) in [4.78, 5) is 0. The topological polar surface area (TPSA) is 12.0 Å². The van der Waals surface area contributed by atoms with E-state index in [1.165, 1.54) is 60.8 Å². The zero-order valence-corrected chi connectivity index (χ0v) is 19.4. The van der Waals surface area contributed by atoms with Crippen molar-refractivity contribution in [2.75, 3.05) is 6.54 Å². The van der Waals surface area contributed by atoms with Gasteiger partial charge in [-0.2, -0.15) is 0 Å². The van der Waals surface area contributed by atoms with Gasteiger partial charge in [0.05, 0.1) is 14.8 Å². The van der Waals surface area contributed by atoms with E-state index in [0.29, 0.717) is 6.04 Å². The lowest BCUT2D eigenvalue weighted by Gasteiger charge is -2.35. The molecule has 2 aromatic carbocycles. The molecule has 0 amide bonds. The SMILES string of the molecule is Cc1ccc(-c2ccccc2)cc1C1C=C(CC2CCCCC2)C([Si](C)C)CN1. The van der Waals surface area contributed by atoms with Crippen LogP contribution in [-0.4, -0.2) is 15.3 Å². The molecule has 2 heteroatoms. The third-order valence-electron chi connectivity index (χ3n) is 7.04. The fourth-order valence-electron chi connectivity index (χ4n) is 5.26. The van der Waals surface area contributed by atoms with Crippen LogP contribution in [-0.2, 0) is 0 Å². The van der Waals surface area contributed by atoms with Gasteiger partial charge in [-0.15, -0.1) is 0 Å². The van der Waals surface area contributed by atoms with Crippen LogP contribution in [0, 0.1) is 12.8 Å². The van der Waals surface area contributed by atoms with Crippen LogP contribution >= 0.6 is 0 Å². The van der Waals surface area contributed by atoms with Crippen molar-refractivity contribution in [2.24, 2.45) is 5.92 Å². The molecule has 1 fully saturated rings. The maximum Gasteiger partial charge on any atom is 0.0511 e. The van der Waals surface area contributed by atoms with Gasteiger partial charge < -0.3 is 5.32 Å². The molecule has 0 aromatic heterocycles. The Bertz CT molecular complexity index is 833. The number of hydrogen-bond donors (Lipinski definition) is 1. The molecule has 153 valence electrons. The molecule has 1 saturated carbocycles. The van der Waals surface area contributed by atoms with Crippen molar-refractivity contribution in [1.29, 1.82) is 0 Å². The van der Waals surface area contributed by atoms with Crippen molar-refractivity contribution in [1.82, 2.24) is 5.32 Å². The third kappa shape index (κ3) is 4.92. The van der Waals surface area contributed by atoms with Crippen molar-refractivity contribution in [3.05, 3.63) is 71.3 Å². The predicted octanol–water partition coefficient (Wildman–Crippen LogP) is 7.33.